The maximum atomic E-state index is 12.3. The summed E-state index contributed by atoms with van der Waals surface area (Å²) in [6.07, 6.45) is 8.49. The van der Waals surface area contributed by atoms with Crippen LogP contribution in [-0.4, -0.2) is 27.9 Å². The summed E-state index contributed by atoms with van der Waals surface area (Å²) >= 11 is 1.67. The van der Waals surface area contributed by atoms with Crippen molar-refractivity contribution in [2.75, 3.05) is 6.54 Å². The lowest BCUT2D eigenvalue weighted by Crippen LogP contribution is -2.24. The lowest BCUT2D eigenvalue weighted by Gasteiger charge is -2.21. The van der Waals surface area contributed by atoms with Crippen molar-refractivity contribution >= 4 is 17.2 Å². The molecule has 22 heavy (non-hydrogen) atoms. The van der Waals surface area contributed by atoms with Crippen LogP contribution in [0.1, 0.15) is 52.0 Å². The van der Waals surface area contributed by atoms with Crippen molar-refractivity contribution in [3.8, 4) is 0 Å². The maximum Gasteiger partial charge on any atom is 0.261 e. The fraction of sp³-hybridized carbons (Fsp3) is 0.562. The number of rotatable bonds is 6. The summed E-state index contributed by atoms with van der Waals surface area (Å²) in [5.41, 5.74) is 2.27. The van der Waals surface area contributed by atoms with Crippen LogP contribution < -0.4 is 5.32 Å². The Balaban J connectivity index is 1.55. The van der Waals surface area contributed by atoms with Crippen LogP contribution in [0.2, 0.25) is 0 Å². The number of thiophene rings is 1. The Bertz CT molecular complexity index is 620. The molecule has 1 atom stereocenters. The van der Waals surface area contributed by atoms with Crippen LogP contribution in [-0.2, 0) is 19.3 Å². The highest BCUT2D eigenvalue weighted by Gasteiger charge is 2.22. The Morgan fingerprint density at radius 3 is 3.23 bits per heavy atom. The lowest BCUT2D eigenvalue weighted by atomic mass is 9.85. The zero-order valence-electron chi connectivity index (χ0n) is 12.9. The molecular weight excluding hydrogens is 296 g/mol. The summed E-state index contributed by atoms with van der Waals surface area (Å²) in [4.78, 5) is 14.5. The fourth-order valence-corrected chi connectivity index (χ4v) is 4.23. The quantitative estimate of drug-likeness (QED) is 0.860. The van der Waals surface area contributed by atoms with Crippen molar-refractivity contribution in [3.63, 3.8) is 0 Å². The van der Waals surface area contributed by atoms with E-state index in [4.69, 9.17) is 0 Å². The Morgan fingerprint density at radius 2 is 2.45 bits per heavy atom. The van der Waals surface area contributed by atoms with Crippen LogP contribution in [0, 0.1) is 5.92 Å². The van der Waals surface area contributed by atoms with Gasteiger partial charge in [-0.2, -0.15) is 15.4 Å². The standard InChI is InChI=1S/C16H22N4OS/c1-2-3-11-4-5-14-12(8-11)9-15(22-14)16(21)17-7-6-13-10-18-20-19-13/h9-11H,2-8H2,1H3,(H,17,21)(H,18,19,20)/t11-/m1/s1. The van der Waals surface area contributed by atoms with E-state index in [1.807, 2.05) is 0 Å². The van der Waals surface area contributed by atoms with E-state index < -0.39 is 0 Å². The molecule has 2 aromatic heterocycles. The number of aromatic nitrogens is 3. The van der Waals surface area contributed by atoms with E-state index in [2.05, 4.69) is 33.7 Å². The molecule has 2 heterocycles. The molecule has 0 unspecified atom stereocenters. The zero-order valence-corrected chi connectivity index (χ0v) is 13.7. The number of amides is 1. The first-order chi connectivity index (χ1) is 10.8. The molecule has 1 aliphatic rings. The first-order valence-corrected chi connectivity index (χ1v) is 8.82. The highest BCUT2D eigenvalue weighted by Crippen LogP contribution is 2.34. The van der Waals surface area contributed by atoms with Gasteiger partial charge in [0.05, 0.1) is 16.8 Å². The molecule has 0 radical (unpaired) electrons. The molecule has 2 N–H and O–H groups in total. The summed E-state index contributed by atoms with van der Waals surface area (Å²) in [6, 6.07) is 2.10. The summed E-state index contributed by atoms with van der Waals surface area (Å²) in [5, 5.41) is 13.3. The van der Waals surface area contributed by atoms with Gasteiger partial charge < -0.3 is 5.32 Å². The van der Waals surface area contributed by atoms with Gasteiger partial charge in [0.15, 0.2) is 0 Å². The molecule has 118 valence electrons. The molecular formula is C16H22N4OS. The minimum atomic E-state index is 0.0370. The zero-order chi connectivity index (χ0) is 15.4. The fourth-order valence-electron chi connectivity index (χ4n) is 3.10. The molecule has 0 aliphatic heterocycles. The lowest BCUT2D eigenvalue weighted by molar-refractivity contribution is 0.0958. The third-order valence-electron chi connectivity index (χ3n) is 4.24. The number of aromatic amines is 1. The van der Waals surface area contributed by atoms with Gasteiger partial charge in [-0.15, -0.1) is 11.3 Å². The van der Waals surface area contributed by atoms with Crippen molar-refractivity contribution in [3.05, 3.63) is 33.3 Å². The Labute approximate surface area is 134 Å². The number of nitrogens with one attached hydrogen (secondary N) is 2. The van der Waals surface area contributed by atoms with Crippen LogP contribution >= 0.6 is 11.3 Å². The van der Waals surface area contributed by atoms with Crippen molar-refractivity contribution < 1.29 is 4.79 Å². The molecule has 0 saturated carbocycles. The van der Waals surface area contributed by atoms with Crippen LogP contribution in [0.5, 0.6) is 0 Å². The number of aryl methyl sites for hydroxylation is 1. The number of fused-ring (bicyclic) bond motifs is 1. The van der Waals surface area contributed by atoms with E-state index in [0.29, 0.717) is 13.0 Å². The predicted molar refractivity (Wildman–Crippen MR) is 87.2 cm³/mol. The van der Waals surface area contributed by atoms with E-state index in [1.165, 1.54) is 29.7 Å². The number of hydrogen-bond acceptors (Lipinski definition) is 4. The first kappa shape index (κ1) is 15.2. The van der Waals surface area contributed by atoms with E-state index in [-0.39, 0.29) is 5.91 Å². The monoisotopic (exact) mass is 318 g/mol. The van der Waals surface area contributed by atoms with Crippen molar-refractivity contribution in [2.24, 2.45) is 5.92 Å². The molecule has 1 aliphatic carbocycles. The first-order valence-electron chi connectivity index (χ1n) is 8.00. The minimum Gasteiger partial charge on any atom is -0.351 e. The second-order valence-electron chi connectivity index (χ2n) is 5.92. The van der Waals surface area contributed by atoms with Gasteiger partial charge in [0.25, 0.3) is 5.91 Å². The van der Waals surface area contributed by atoms with Crippen LogP contribution in [0.25, 0.3) is 0 Å². The van der Waals surface area contributed by atoms with Crippen LogP contribution in [0.15, 0.2) is 12.3 Å². The molecule has 6 heteroatoms. The highest BCUT2D eigenvalue weighted by molar-refractivity contribution is 7.14. The average molecular weight is 318 g/mol. The van der Waals surface area contributed by atoms with Gasteiger partial charge in [0.1, 0.15) is 0 Å². The van der Waals surface area contributed by atoms with E-state index >= 15 is 0 Å². The second-order valence-corrected chi connectivity index (χ2v) is 7.06. The van der Waals surface area contributed by atoms with Crippen molar-refractivity contribution in [1.29, 1.82) is 0 Å². The van der Waals surface area contributed by atoms with Crippen molar-refractivity contribution in [2.45, 2.75) is 45.4 Å². The number of carbonyl (C=O) groups excluding carboxylic acids is 1. The number of nitrogens with zero attached hydrogens (tertiary/aromatic N) is 2. The molecule has 0 spiro atoms. The molecule has 5 nitrogen and oxygen atoms in total. The Morgan fingerprint density at radius 1 is 1.55 bits per heavy atom. The summed E-state index contributed by atoms with van der Waals surface area (Å²) in [5.74, 6) is 0.838. The number of hydrogen-bond donors (Lipinski definition) is 2. The molecule has 0 aromatic carbocycles. The minimum absolute atomic E-state index is 0.0370. The molecule has 2 aromatic rings. The van der Waals surface area contributed by atoms with E-state index in [1.54, 1.807) is 17.5 Å². The SMILES string of the molecule is CCC[C@@H]1CCc2sc(C(=O)NCCc3cn[nH]n3)cc2C1. The van der Waals surface area contributed by atoms with Gasteiger partial charge in [0, 0.05) is 17.8 Å². The van der Waals surface area contributed by atoms with E-state index in [9.17, 15) is 4.79 Å². The van der Waals surface area contributed by atoms with Crippen LogP contribution in [0.3, 0.4) is 0 Å². The van der Waals surface area contributed by atoms with Crippen molar-refractivity contribution in [1.82, 2.24) is 20.7 Å². The maximum absolute atomic E-state index is 12.3. The third-order valence-corrected chi connectivity index (χ3v) is 5.47. The van der Waals surface area contributed by atoms with Gasteiger partial charge >= 0.3 is 0 Å². The molecule has 0 saturated heterocycles. The normalized spacial score (nSPS) is 17.2. The molecule has 0 fully saturated rings. The Kier molecular flexibility index (Phi) is 4.87. The molecule has 0 bridgehead atoms. The molecule has 1 amide bonds. The second kappa shape index (κ2) is 7.05. The van der Waals surface area contributed by atoms with Gasteiger partial charge in [-0.25, -0.2) is 0 Å². The van der Waals surface area contributed by atoms with Gasteiger partial charge in [0.2, 0.25) is 0 Å². The smallest absolute Gasteiger partial charge is 0.261 e. The van der Waals surface area contributed by atoms with E-state index in [0.717, 1.165) is 29.3 Å². The number of carbonyl (C=O) groups is 1. The summed E-state index contributed by atoms with van der Waals surface area (Å²) in [6.45, 7) is 2.84. The van der Waals surface area contributed by atoms with Gasteiger partial charge in [-0.1, -0.05) is 19.8 Å². The summed E-state index contributed by atoms with van der Waals surface area (Å²) in [7, 11) is 0. The summed E-state index contributed by atoms with van der Waals surface area (Å²) < 4.78 is 0. The largest absolute Gasteiger partial charge is 0.351 e. The Hall–Kier alpha value is -1.69. The predicted octanol–water partition coefficient (Wildman–Crippen LogP) is 2.74. The van der Waals surface area contributed by atoms with Crippen LogP contribution in [0.4, 0.5) is 0 Å². The average Bonchev–Trinajstić information content (AvgIpc) is 3.16. The topological polar surface area (TPSA) is 70.7 Å². The molecule has 3 rings (SSSR count). The third kappa shape index (κ3) is 3.55. The van der Waals surface area contributed by atoms with Gasteiger partial charge in [-0.3, -0.25) is 4.79 Å². The number of H-pyrrole nitrogens is 1. The highest BCUT2D eigenvalue weighted by atomic mass is 32.1. The van der Waals surface area contributed by atoms with Gasteiger partial charge in [-0.05, 0) is 36.8 Å².